The number of rotatable bonds is 6. The van der Waals surface area contributed by atoms with Gasteiger partial charge in [-0.3, -0.25) is 4.79 Å². The molecule has 168 valence electrons. The number of carbonyl (C=O) groups excluding carboxylic acids is 1. The minimum absolute atomic E-state index is 0.0822. The number of aromatic nitrogens is 1. The van der Waals surface area contributed by atoms with Crippen LogP contribution in [0.4, 0.5) is 0 Å². The molecule has 0 unspecified atom stereocenters. The first-order chi connectivity index (χ1) is 16.2. The van der Waals surface area contributed by atoms with Crippen molar-refractivity contribution in [2.45, 2.75) is 18.9 Å². The predicted molar refractivity (Wildman–Crippen MR) is 132 cm³/mol. The van der Waals surface area contributed by atoms with Crippen molar-refractivity contribution in [1.82, 2.24) is 9.88 Å². The summed E-state index contributed by atoms with van der Waals surface area (Å²) in [5.74, 6) is 1.48. The van der Waals surface area contributed by atoms with E-state index >= 15 is 0 Å². The molecular formula is C26H24N2O3S2. The number of thiazole rings is 1. The number of hydrogen-bond acceptors (Lipinski definition) is 6. The van der Waals surface area contributed by atoms with E-state index in [0.29, 0.717) is 12.3 Å². The van der Waals surface area contributed by atoms with Crippen LogP contribution in [-0.4, -0.2) is 36.6 Å². The molecule has 0 N–H and O–H groups in total. The lowest BCUT2D eigenvalue weighted by Crippen LogP contribution is -2.41. The number of benzene rings is 2. The topological polar surface area (TPSA) is 51.7 Å². The molecule has 1 atom stereocenters. The summed E-state index contributed by atoms with van der Waals surface area (Å²) < 4.78 is 11.1. The van der Waals surface area contributed by atoms with E-state index in [1.807, 2.05) is 58.8 Å². The van der Waals surface area contributed by atoms with E-state index in [-0.39, 0.29) is 18.4 Å². The first kappa shape index (κ1) is 21.7. The third-order valence-corrected chi connectivity index (χ3v) is 7.78. The van der Waals surface area contributed by atoms with Crippen molar-refractivity contribution in [3.8, 4) is 22.1 Å². The maximum absolute atomic E-state index is 13.5. The van der Waals surface area contributed by atoms with Gasteiger partial charge >= 0.3 is 0 Å². The Bertz CT molecular complexity index is 1250. The minimum atomic E-state index is -0.145. The third-order valence-electron chi connectivity index (χ3n) is 5.91. The van der Waals surface area contributed by atoms with Gasteiger partial charge in [0.15, 0.2) is 11.5 Å². The number of thiophene rings is 1. The van der Waals surface area contributed by atoms with Crippen LogP contribution in [0.5, 0.6) is 11.5 Å². The maximum atomic E-state index is 13.5. The van der Waals surface area contributed by atoms with Crippen LogP contribution in [0.2, 0.25) is 0 Å². The average Bonchev–Trinajstić information content (AvgIpc) is 3.55. The van der Waals surface area contributed by atoms with Gasteiger partial charge in [0.25, 0.3) is 0 Å². The van der Waals surface area contributed by atoms with Gasteiger partial charge in [-0.2, -0.15) is 0 Å². The first-order valence-electron chi connectivity index (χ1n) is 10.8. The summed E-state index contributed by atoms with van der Waals surface area (Å²) in [6.07, 6.45) is 1.06. The second-order valence-electron chi connectivity index (χ2n) is 7.85. The lowest BCUT2D eigenvalue weighted by molar-refractivity contribution is -0.132. The van der Waals surface area contributed by atoms with E-state index in [0.717, 1.165) is 38.9 Å². The minimum Gasteiger partial charge on any atom is -0.493 e. The molecule has 0 bridgehead atoms. The number of amides is 1. The Hall–Kier alpha value is -3.16. The van der Waals surface area contributed by atoms with E-state index in [1.165, 1.54) is 5.56 Å². The molecule has 0 saturated heterocycles. The van der Waals surface area contributed by atoms with Crippen molar-refractivity contribution in [2.75, 3.05) is 20.8 Å². The second kappa shape index (κ2) is 9.37. The SMILES string of the molecule is COc1cc2c(cc1OC)[C@H](c1cccs1)N(C(=O)Cc1csc(-c3ccccc3)n1)CC2. The molecule has 0 radical (unpaired) electrons. The van der Waals surface area contributed by atoms with Gasteiger partial charge in [0, 0.05) is 22.4 Å². The van der Waals surface area contributed by atoms with Gasteiger partial charge in [-0.1, -0.05) is 36.4 Å². The summed E-state index contributed by atoms with van der Waals surface area (Å²) in [7, 11) is 3.29. The van der Waals surface area contributed by atoms with Crippen LogP contribution < -0.4 is 9.47 Å². The molecule has 0 fully saturated rings. The molecule has 2 aromatic heterocycles. The smallest absolute Gasteiger partial charge is 0.229 e. The van der Waals surface area contributed by atoms with Crippen LogP contribution in [0.25, 0.3) is 10.6 Å². The van der Waals surface area contributed by atoms with E-state index < -0.39 is 0 Å². The first-order valence-corrected chi connectivity index (χ1v) is 12.5. The summed E-state index contributed by atoms with van der Waals surface area (Å²) in [5, 5.41) is 4.99. The zero-order valence-corrected chi connectivity index (χ0v) is 20.1. The van der Waals surface area contributed by atoms with Crippen molar-refractivity contribution >= 4 is 28.6 Å². The zero-order chi connectivity index (χ0) is 22.8. The summed E-state index contributed by atoms with van der Waals surface area (Å²) in [6, 6.07) is 18.1. The molecule has 0 aliphatic carbocycles. The Morgan fingerprint density at radius 3 is 2.58 bits per heavy atom. The summed E-state index contributed by atoms with van der Waals surface area (Å²) in [5.41, 5.74) is 4.17. The van der Waals surface area contributed by atoms with Gasteiger partial charge in [-0.25, -0.2) is 4.98 Å². The lowest BCUT2D eigenvalue weighted by atomic mass is 9.90. The molecule has 4 aromatic rings. The van der Waals surface area contributed by atoms with E-state index in [9.17, 15) is 4.79 Å². The van der Waals surface area contributed by atoms with Crippen LogP contribution in [0, 0.1) is 0 Å². The fraction of sp³-hybridized carbons (Fsp3) is 0.231. The highest BCUT2D eigenvalue weighted by Gasteiger charge is 2.34. The van der Waals surface area contributed by atoms with Crippen molar-refractivity contribution < 1.29 is 14.3 Å². The molecule has 7 heteroatoms. The molecule has 1 aliphatic heterocycles. The fourth-order valence-corrected chi connectivity index (χ4v) is 6.01. The highest BCUT2D eigenvalue weighted by molar-refractivity contribution is 7.13. The van der Waals surface area contributed by atoms with Crippen LogP contribution in [0.1, 0.15) is 27.7 Å². The maximum Gasteiger partial charge on any atom is 0.229 e. The van der Waals surface area contributed by atoms with Gasteiger partial charge in [0.05, 0.1) is 32.4 Å². The molecule has 0 spiro atoms. The summed E-state index contributed by atoms with van der Waals surface area (Å²) >= 11 is 3.24. The number of ether oxygens (including phenoxy) is 2. The van der Waals surface area contributed by atoms with E-state index in [4.69, 9.17) is 14.5 Å². The summed E-state index contributed by atoms with van der Waals surface area (Å²) in [4.78, 5) is 21.4. The van der Waals surface area contributed by atoms with Gasteiger partial charge in [0.1, 0.15) is 5.01 Å². The zero-order valence-electron chi connectivity index (χ0n) is 18.5. The monoisotopic (exact) mass is 476 g/mol. The van der Waals surface area contributed by atoms with Crippen LogP contribution >= 0.6 is 22.7 Å². The molecular weight excluding hydrogens is 452 g/mol. The van der Waals surface area contributed by atoms with E-state index in [2.05, 4.69) is 11.4 Å². The van der Waals surface area contributed by atoms with Crippen molar-refractivity contribution in [3.63, 3.8) is 0 Å². The van der Waals surface area contributed by atoms with Crippen molar-refractivity contribution in [1.29, 1.82) is 0 Å². The van der Waals surface area contributed by atoms with Crippen LogP contribution in [0.15, 0.2) is 65.4 Å². The fourth-order valence-electron chi connectivity index (χ4n) is 4.33. The quantitative estimate of drug-likeness (QED) is 0.363. The molecule has 5 rings (SSSR count). The molecule has 5 nitrogen and oxygen atoms in total. The Morgan fingerprint density at radius 1 is 1.06 bits per heavy atom. The van der Waals surface area contributed by atoms with Crippen molar-refractivity contribution in [3.05, 3.63) is 87.1 Å². The molecule has 2 aromatic carbocycles. The van der Waals surface area contributed by atoms with Crippen molar-refractivity contribution in [2.24, 2.45) is 0 Å². The number of methoxy groups -OCH3 is 2. The number of fused-ring (bicyclic) bond motifs is 1. The molecule has 33 heavy (non-hydrogen) atoms. The Balaban J connectivity index is 1.45. The molecule has 1 amide bonds. The molecule has 1 aliphatic rings. The van der Waals surface area contributed by atoms with Crippen LogP contribution in [-0.2, 0) is 17.6 Å². The Labute approximate surface area is 201 Å². The third kappa shape index (κ3) is 4.26. The largest absolute Gasteiger partial charge is 0.493 e. The number of carbonyl (C=O) groups is 1. The predicted octanol–water partition coefficient (Wildman–Crippen LogP) is 5.61. The number of hydrogen-bond donors (Lipinski definition) is 0. The standard InChI is InChI=1S/C26H24N2O3S2/c1-30-21-13-18-10-11-28(25(23-9-6-12-32-23)20(18)15-22(21)31-2)24(29)14-19-16-33-26(27-19)17-7-4-3-5-8-17/h3-9,12-13,15-16,25H,10-11,14H2,1-2H3/t25-/m1/s1. The van der Waals surface area contributed by atoms with Gasteiger partial charge in [0.2, 0.25) is 5.91 Å². The van der Waals surface area contributed by atoms with E-state index in [1.54, 1.807) is 36.9 Å². The normalized spacial score (nSPS) is 15.2. The number of nitrogens with zero attached hydrogens (tertiary/aromatic N) is 2. The van der Waals surface area contributed by atoms with Gasteiger partial charge in [-0.05, 0) is 41.1 Å². The Kier molecular flexibility index (Phi) is 6.15. The lowest BCUT2D eigenvalue weighted by Gasteiger charge is -2.37. The summed E-state index contributed by atoms with van der Waals surface area (Å²) in [6.45, 7) is 0.652. The molecule has 3 heterocycles. The van der Waals surface area contributed by atoms with Gasteiger partial charge in [-0.15, -0.1) is 22.7 Å². The second-order valence-corrected chi connectivity index (χ2v) is 9.69. The highest BCUT2D eigenvalue weighted by Crippen LogP contribution is 2.42. The average molecular weight is 477 g/mol. The van der Waals surface area contributed by atoms with Gasteiger partial charge < -0.3 is 14.4 Å². The highest BCUT2D eigenvalue weighted by atomic mass is 32.1. The van der Waals surface area contributed by atoms with Crippen LogP contribution in [0.3, 0.4) is 0 Å². The molecule has 0 saturated carbocycles. The Morgan fingerprint density at radius 2 is 1.85 bits per heavy atom.